The second-order valence-corrected chi connectivity index (χ2v) is 11.6. The fraction of sp³-hybridized carbons (Fsp3) is 0.306. The normalized spacial score (nSPS) is 26.1. The minimum Gasteiger partial charge on any atom is -0.461 e. The zero-order valence-corrected chi connectivity index (χ0v) is 22.8. The first-order valence-corrected chi connectivity index (χ1v) is 14.1. The number of nitrogens with zero attached hydrogens (tertiary/aromatic N) is 1. The molecule has 4 aromatic rings. The second-order valence-electron chi connectivity index (χ2n) is 11.6. The van der Waals surface area contributed by atoms with Crippen LogP contribution < -0.4 is 0 Å². The highest BCUT2D eigenvalue weighted by atomic mass is 16.5. The van der Waals surface area contributed by atoms with Crippen LogP contribution in [-0.4, -0.2) is 36.6 Å². The minimum absolute atomic E-state index is 0.0459. The van der Waals surface area contributed by atoms with E-state index in [1.807, 2.05) is 60.7 Å². The summed E-state index contributed by atoms with van der Waals surface area (Å²) in [6, 6.07) is 41.9. The Labute approximate surface area is 232 Å². The molecule has 0 aromatic heterocycles. The second kappa shape index (κ2) is 10.8. The van der Waals surface area contributed by atoms with Gasteiger partial charge in [-0.15, -0.1) is 0 Å². The van der Waals surface area contributed by atoms with Gasteiger partial charge in [0.05, 0.1) is 0 Å². The molecular formula is C36H37NO2. The lowest BCUT2D eigenvalue weighted by Crippen LogP contribution is -2.61. The van der Waals surface area contributed by atoms with E-state index in [-0.39, 0.29) is 23.5 Å². The quantitative estimate of drug-likeness (QED) is 0.240. The smallest absolute Gasteiger partial charge is 0.318 e. The average Bonchev–Trinajstić information content (AvgIpc) is 2.99. The Balaban J connectivity index is 1.42. The van der Waals surface area contributed by atoms with Crippen LogP contribution >= 0.6 is 0 Å². The first-order chi connectivity index (χ1) is 19.1. The molecule has 0 spiro atoms. The number of esters is 1. The zero-order valence-electron chi connectivity index (χ0n) is 22.8. The monoisotopic (exact) mass is 515 g/mol. The standard InChI is InChI=1S/C36H37NO2/c1-37(2)36-23-30(26-15-7-3-8-16-26)34(31(24-36)27-17-9-4-10-18-27)32(25-36)39-35(38)33(28-19-11-5-12-20-28)29-21-13-6-14-22-29/h3-22,30-34H,23-25H2,1-2H3/t30-,31-,32+,34?,36?/m0/s1. The molecule has 198 valence electrons. The van der Waals surface area contributed by atoms with Crippen molar-refractivity contribution in [3.8, 4) is 0 Å². The first-order valence-electron chi connectivity index (χ1n) is 14.1. The molecule has 0 N–H and O–H groups in total. The van der Waals surface area contributed by atoms with Gasteiger partial charge in [0.1, 0.15) is 12.0 Å². The predicted octanol–water partition coefficient (Wildman–Crippen LogP) is 7.41. The third-order valence-corrected chi connectivity index (χ3v) is 9.31. The van der Waals surface area contributed by atoms with Crippen molar-refractivity contribution in [2.45, 2.75) is 48.7 Å². The van der Waals surface area contributed by atoms with Crippen LogP contribution in [0.15, 0.2) is 121 Å². The molecule has 0 radical (unpaired) electrons. The Morgan fingerprint density at radius 3 is 1.49 bits per heavy atom. The summed E-state index contributed by atoms with van der Waals surface area (Å²) in [4.78, 5) is 16.6. The fourth-order valence-electron chi connectivity index (χ4n) is 7.37. The summed E-state index contributed by atoms with van der Waals surface area (Å²) in [6.45, 7) is 0. The van der Waals surface area contributed by atoms with Gasteiger partial charge in [0.15, 0.2) is 0 Å². The van der Waals surface area contributed by atoms with E-state index < -0.39 is 5.92 Å². The van der Waals surface area contributed by atoms with Crippen LogP contribution in [0.3, 0.4) is 0 Å². The largest absolute Gasteiger partial charge is 0.461 e. The van der Waals surface area contributed by atoms with Gasteiger partial charge in [0, 0.05) is 17.9 Å². The van der Waals surface area contributed by atoms with Crippen molar-refractivity contribution < 1.29 is 9.53 Å². The van der Waals surface area contributed by atoms with E-state index in [0.717, 1.165) is 30.4 Å². The Morgan fingerprint density at radius 2 is 1.08 bits per heavy atom. The highest BCUT2D eigenvalue weighted by molar-refractivity contribution is 5.82. The van der Waals surface area contributed by atoms with Crippen LogP contribution in [-0.2, 0) is 9.53 Å². The van der Waals surface area contributed by atoms with Crippen LogP contribution in [0.2, 0.25) is 0 Å². The summed E-state index contributed by atoms with van der Waals surface area (Å²) >= 11 is 0. The van der Waals surface area contributed by atoms with Crippen LogP contribution in [0.25, 0.3) is 0 Å². The summed E-state index contributed by atoms with van der Waals surface area (Å²) in [5.74, 6) is 0.232. The molecular weight excluding hydrogens is 478 g/mol. The van der Waals surface area contributed by atoms with Gasteiger partial charge in [-0.3, -0.25) is 4.79 Å². The predicted molar refractivity (Wildman–Crippen MR) is 157 cm³/mol. The molecule has 3 heteroatoms. The highest BCUT2D eigenvalue weighted by Crippen LogP contribution is 2.60. The molecule has 3 aliphatic rings. The van der Waals surface area contributed by atoms with Crippen molar-refractivity contribution in [1.82, 2.24) is 4.90 Å². The number of fused-ring (bicyclic) bond motifs is 3. The van der Waals surface area contributed by atoms with Crippen LogP contribution in [0, 0.1) is 5.92 Å². The van der Waals surface area contributed by atoms with Crippen molar-refractivity contribution >= 4 is 5.97 Å². The lowest BCUT2D eigenvalue weighted by atomic mass is 9.51. The van der Waals surface area contributed by atoms with Crippen molar-refractivity contribution in [2.24, 2.45) is 5.92 Å². The van der Waals surface area contributed by atoms with Crippen LogP contribution in [0.1, 0.15) is 59.3 Å². The fourth-order valence-corrected chi connectivity index (χ4v) is 7.37. The summed E-state index contributed by atoms with van der Waals surface area (Å²) in [5.41, 5.74) is 4.58. The van der Waals surface area contributed by atoms with E-state index in [4.69, 9.17) is 4.74 Å². The number of rotatable bonds is 7. The van der Waals surface area contributed by atoms with Crippen molar-refractivity contribution in [1.29, 1.82) is 0 Å². The average molecular weight is 516 g/mol. The highest BCUT2D eigenvalue weighted by Gasteiger charge is 2.58. The van der Waals surface area contributed by atoms with Crippen molar-refractivity contribution in [3.05, 3.63) is 144 Å². The Kier molecular flexibility index (Phi) is 7.10. The molecule has 0 amide bonds. The van der Waals surface area contributed by atoms with Crippen LogP contribution in [0.4, 0.5) is 0 Å². The van der Waals surface area contributed by atoms with Gasteiger partial charge in [-0.05, 0) is 61.0 Å². The van der Waals surface area contributed by atoms with E-state index in [2.05, 4.69) is 79.7 Å². The van der Waals surface area contributed by atoms with E-state index in [0.29, 0.717) is 11.8 Å². The van der Waals surface area contributed by atoms with Crippen LogP contribution in [0.5, 0.6) is 0 Å². The van der Waals surface area contributed by atoms with Gasteiger partial charge in [0.25, 0.3) is 0 Å². The number of hydrogen-bond acceptors (Lipinski definition) is 3. The molecule has 4 aromatic carbocycles. The molecule has 3 aliphatic carbocycles. The van der Waals surface area contributed by atoms with E-state index >= 15 is 0 Å². The third kappa shape index (κ3) is 4.92. The molecule has 3 atom stereocenters. The number of ether oxygens (including phenoxy) is 1. The Hall–Kier alpha value is -3.69. The molecule has 3 saturated carbocycles. The molecule has 0 saturated heterocycles. The van der Waals surface area contributed by atoms with Crippen molar-refractivity contribution in [3.63, 3.8) is 0 Å². The number of carbonyl (C=O) groups excluding carboxylic acids is 1. The van der Waals surface area contributed by atoms with Gasteiger partial charge >= 0.3 is 5.97 Å². The maximum absolute atomic E-state index is 14.2. The zero-order chi connectivity index (χ0) is 26.8. The minimum atomic E-state index is -0.450. The molecule has 7 rings (SSSR count). The number of carbonyl (C=O) groups is 1. The third-order valence-electron chi connectivity index (χ3n) is 9.31. The molecule has 39 heavy (non-hydrogen) atoms. The van der Waals surface area contributed by atoms with Gasteiger partial charge in [-0.1, -0.05) is 121 Å². The van der Waals surface area contributed by atoms with Gasteiger partial charge in [-0.2, -0.15) is 0 Å². The topological polar surface area (TPSA) is 29.5 Å². The van der Waals surface area contributed by atoms with Gasteiger partial charge < -0.3 is 9.64 Å². The molecule has 0 unspecified atom stereocenters. The molecule has 0 aliphatic heterocycles. The lowest BCUT2D eigenvalue weighted by Gasteiger charge is -2.60. The molecule has 3 fully saturated rings. The molecule has 2 bridgehead atoms. The maximum Gasteiger partial charge on any atom is 0.318 e. The summed E-state index contributed by atoms with van der Waals surface area (Å²) in [7, 11) is 4.40. The summed E-state index contributed by atoms with van der Waals surface area (Å²) in [5, 5.41) is 0. The van der Waals surface area contributed by atoms with Crippen molar-refractivity contribution in [2.75, 3.05) is 14.1 Å². The van der Waals surface area contributed by atoms with E-state index in [1.54, 1.807) is 0 Å². The van der Waals surface area contributed by atoms with Gasteiger partial charge in [0.2, 0.25) is 0 Å². The summed E-state index contributed by atoms with van der Waals surface area (Å²) < 4.78 is 6.71. The number of hydrogen-bond donors (Lipinski definition) is 0. The van der Waals surface area contributed by atoms with E-state index in [1.165, 1.54) is 11.1 Å². The Morgan fingerprint density at radius 1 is 0.667 bits per heavy atom. The first kappa shape index (κ1) is 25.6. The molecule has 3 nitrogen and oxygen atoms in total. The summed E-state index contributed by atoms with van der Waals surface area (Å²) in [6.07, 6.45) is 2.84. The molecule has 0 heterocycles. The Bertz CT molecular complexity index is 1280. The van der Waals surface area contributed by atoms with Gasteiger partial charge in [-0.25, -0.2) is 0 Å². The SMILES string of the molecule is CN(C)C12C[C@@H](OC(=O)C(c3ccccc3)c3ccccc3)C([C@H](c3ccccc3)C1)[C@H](c1ccccc1)C2. The number of benzene rings is 4. The lowest BCUT2D eigenvalue weighted by molar-refractivity contribution is -0.167. The van der Waals surface area contributed by atoms with E-state index in [9.17, 15) is 4.79 Å². The maximum atomic E-state index is 14.2.